The Labute approximate surface area is 230 Å². The van der Waals surface area contributed by atoms with Gasteiger partial charge < -0.3 is 18.5 Å². The number of aromatic amines is 1. The lowest BCUT2D eigenvalue weighted by atomic mass is 10.0. The van der Waals surface area contributed by atoms with Crippen LogP contribution < -0.4 is 14.3 Å². The van der Waals surface area contributed by atoms with Gasteiger partial charge in [0.2, 0.25) is 0 Å². The van der Waals surface area contributed by atoms with Gasteiger partial charge in [0, 0.05) is 34.8 Å². The molecule has 0 fully saturated rings. The molecule has 0 saturated heterocycles. The average molecular weight is 563 g/mol. The zero-order valence-corrected chi connectivity index (χ0v) is 23.0. The monoisotopic (exact) mass is 562 g/mol. The van der Waals surface area contributed by atoms with Crippen LogP contribution in [0.1, 0.15) is 39.2 Å². The van der Waals surface area contributed by atoms with E-state index in [-0.39, 0.29) is 17.1 Å². The molecular formula is C29H27FN4O5S. The maximum atomic E-state index is 14.0. The van der Waals surface area contributed by atoms with Crippen molar-refractivity contribution in [2.45, 2.75) is 40.2 Å². The van der Waals surface area contributed by atoms with Gasteiger partial charge in [0.25, 0.3) is 0 Å². The van der Waals surface area contributed by atoms with Gasteiger partial charge in [-0.25, -0.2) is 0 Å². The van der Waals surface area contributed by atoms with Crippen molar-refractivity contribution in [2.75, 3.05) is 6.61 Å². The van der Waals surface area contributed by atoms with Crippen LogP contribution in [0.15, 0.2) is 53.6 Å². The van der Waals surface area contributed by atoms with Gasteiger partial charge in [-0.05, 0) is 42.7 Å². The molecule has 0 aliphatic heterocycles. The number of benzene rings is 2. The molecule has 9 nitrogen and oxygen atoms in total. The van der Waals surface area contributed by atoms with Crippen molar-refractivity contribution in [2.24, 2.45) is 5.92 Å². The molecule has 1 N–H and O–H groups in total. The largest absolute Gasteiger partial charge is 0.493 e. The van der Waals surface area contributed by atoms with E-state index in [4.69, 9.17) is 4.74 Å². The summed E-state index contributed by atoms with van der Waals surface area (Å²) in [6, 6.07) is 12.2. The predicted molar refractivity (Wildman–Crippen MR) is 151 cm³/mol. The summed E-state index contributed by atoms with van der Waals surface area (Å²) in [6.45, 7) is 7.02. The second-order valence-corrected chi connectivity index (χ2v) is 11.0. The zero-order chi connectivity index (χ0) is 28.6. The maximum absolute atomic E-state index is 14.0. The molecular weight excluding hydrogens is 535 g/mol. The Morgan fingerprint density at radius 3 is 2.65 bits per heavy atom. The molecule has 11 heteroatoms. The van der Waals surface area contributed by atoms with Gasteiger partial charge in [0.1, 0.15) is 11.4 Å². The van der Waals surface area contributed by atoms with E-state index >= 15 is 0 Å². The molecule has 3 heterocycles. The number of halogens is 1. The second kappa shape index (κ2) is 10.6. The molecule has 0 aliphatic rings. The predicted octanol–water partition coefficient (Wildman–Crippen LogP) is 6.00. The van der Waals surface area contributed by atoms with Gasteiger partial charge in [-0.1, -0.05) is 37.1 Å². The van der Waals surface area contributed by atoms with Crippen LogP contribution in [0.4, 0.5) is 3.89 Å². The number of nitrogens with zero attached hydrogens (tertiary/aromatic N) is 3. The normalized spacial score (nSPS) is 11.9. The Kier molecular flexibility index (Phi) is 7.21. The Morgan fingerprint density at radius 2 is 1.95 bits per heavy atom. The summed E-state index contributed by atoms with van der Waals surface area (Å²) in [5.41, 5.74) is 3.21. The van der Waals surface area contributed by atoms with E-state index in [1.165, 1.54) is 12.3 Å². The molecule has 40 heavy (non-hydrogen) atoms. The smallest absolute Gasteiger partial charge is 0.488 e. The molecule has 2 aromatic carbocycles. The Bertz CT molecular complexity index is 1970. The fraction of sp³-hybridized carbons (Fsp3) is 0.276. The summed E-state index contributed by atoms with van der Waals surface area (Å²) in [5, 5.41) is 11.1. The van der Waals surface area contributed by atoms with Crippen LogP contribution in [0, 0.1) is 17.2 Å². The van der Waals surface area contributed by atoms with E-state index in [0.29, 0.717) is 63.0 Å². The molecule has 0 bridgehead atoms. The van der Waals surface area contributed by atoms with Crippen molar-refractivity contribution in [3.8, 4) is 28.7 Å². The van der Waals surface area contributed by atoms with E-state index < -0.39 is 10.5 Å². The summed E-state index contributed by atoms with van der Waals surface area (Å²) in [4.78, 5) is 21.4. The van der Waals surface area contributed by atoms with E-state index in [2.05, 4.69) is 27.1 Å². The standard InChI is InChI=1S/C29H27FN4O5S/c1-4-5-8-34-25-11-22(19-10-20(15-32-14-19)39-40(30,36)37)26(38-16-17(2)3)12-23(25)28(35)27-21-7-6-18(13-31)9-24(21)33-29(27)34/h6-7,9-12,14-15,17,33H,4-5,8,16H2,1-3H3. The molecule has 0 atom stereocenters. The van der Waals surface area contributed by atoms with E-state index in [1.807, 2.05) is 18.4 Å². The molecule has 0 aliphatic carbocycles. The van der Waals surface area contributed by atoms with Crippen molar-refractivity contribution in [1.29, 1.82) is 5.26 Å². The van der Waals surface area contributed by atoms with Crippen LogP contribution in [-0.4, -0.2) is 29.6 Å². The number of hydrogen-bond acceptors (Lipinski definition) is 7. The highest BCUT2D eigenvalue weighted by molar-refractivity contribution is 7.81. The Morgan fingerprint density at radius 1 is 1.15 bits per heavy atom. The Hall–Kier alpha value is -4.43. The van der Waals surface area contributed by atoms with Crippen molar-refractivity contribution < 1.29 is 21.2 Å². The van der Waals surface area contributed by atoms with Gasteiger partial charge in [0.15, 0.2) is 11.2 Å². The summed E-state index contributed by atoms with van der Waals surface area (Å²) in [7, 11) is -5.25. The summed E-state index contributed by atoms with van der Waals surface area (Å²) in [5.74, 6) is 0.283. The number of aryl methyl sites for hydroxylation is 1. The van der Waals surface area contributed by atoms with Crippen molar-refractivity contribution in [3.63, 3.8) is 0 Å². The quantitative estimate of drug-likeness (QED) is 0.218. The third-order valence-electron chi connectivity index (χ3n) is 6.57. The first-order valence-electron chi connectivity index (χ1n) is 12.9. The highest BCUT2D eigenvalue weighted by Crippen LogP contribution is 2.37. The van der Waals surface area contributed by atoms with E-state index in [0.717, 1.165) is 24.4 Å². The second-order valence-electron chi connectivity index (χ2n) is 10.0. The first kappa shape index (κ1) is 27.1. The van der Waals surface area contributed by atoms with Crippen LogP contribution in [-0.2, 0) is 17.0 Å². The minimum atomic E-state index is -5.25. The van der Waals surface area contributed by atoms with Gasteiger partial charge in [-0.3, -0.25) is 9.78 Å². The minimum absolute atomic E-state index is 0.180. The lowest BCUT2D eigenvalue weighted by Gasteiger charge is -2.18. The molecule has 0 amide bonds. The van der Waals surface area contributed by atoms with Gasteiger partial charge in [0.05, 0.1) is 40.7 Å². The number of hydrogen-bond donors (Lipinski definition) is 1. The van der Waals surface area contributed by atoms with E-state index in [9.17, 15) is 22.4 Å². The van der Waals surface area contributed by atoms with Gasteiger partial charge in [-0.2, -0.15) is 13.7 Å². The van der Waals surface area contributed by atoms with Crippen LogP contribution in [0.5, 0.6) is 11.5 Å². The number of unbranched alkanes of at least 4 members (excludes halogenated alkanes) is 1. The van der Waals surface area contributed by atoms with Crippen molar-refractivity contribution in [1.82, 2.24) is 14.5 Å². The molecule has 5 aromatic rings. The summed E-state index contributed by atoms with van der Waals surface area (Å²) in [6.07, 6.45) is 4.33. The number of H-pyrrole nitrogens is 1. The Balaban J connectivity index is 1.85. The number of rotatable bonds is 9. The number of aromatic nitrogens is 3. The highest BCUT2D eigenvalue weighted by Gasteiger charge is 2.20. The summed E-state index contributed by atoms with van der Waals surface area (Å²) >= 11 is 0. The lowest BCUT2D eigenvalue weighted by molar-refractivity contribution is 0.272. The minimum Gasteiger partial charge on any atom is -0.493 e. The first-order chi connectivity index (χ1) is 19.1. The SMILES string of the molecule is CCCCn1c2cc(-c3cncc(OS(=O)(=O)F)c3)c(OCC(C)C)cc2c(=O)c2c3ccc(C#N)cc3[nH]c21. The first-order valence-corrected chi connectivity index (χ1v) is 14.2. The molecule has 3 aromatic heterocycles. The molecule has 5 rings (SSSR count). The van der Waals surface area contributed by atoms with Crippen molar-refractivity contribution >= 4 is 43.3 Å². The third-order valence-corrected chi connectivity index (χ3v) is 6.96. The fourth-order valence-corrected chi connectivity index (χ4v) is 5.11. The topological polar surface area (TPSA) is 127 Å². The van der Waals surface area contributed by atoms with Gasteiger partial charge >= 0.3 is 10.5 Å². The maximum Gasteiger partial charge on any atom is 0.488 e. The van der Waals surface area contributed by atoms with Crippen LogP contribution in [0.2, 0.25) is 0 Å². The highest BCUT2D eigenvalue weighted by atomic mass is 32.3. The van der Waals surface area contributed by atoms with Crippen LogP contribution in [0.3, 0.4) is 0 Å². The fourth-order valence-electron chi connectivity index (χ4n) is 4.79. The number of pyridine rings is 2. The molecule has 0 radical (unpaired) electrons. The van der Waals surface area contributed by atoms with Crippen LogP contribution >= 0.6 is 0 Å². The molecule has 206 valence electrons. The molecule has 0 saturated carbocycles. The number of nitriles is 1. The lowest BCUT2D eigenvalue weighted by Crippen LogP contribution is -2.13. The third kappa shape index (κ3) is 5.22. The number of nitrogens with one attached hydrogen (secondary N) is 1. The van der Waals surface area contributed by atoms with E-state index in [1.54, 1.807) is 30.3 Å². The summed E-state index contributed by atoms with van der Waals surface area (Å²) < 4.78 is 48.0. The molecule has 0 spiro atoms. The zero-order valence-electron chi connectivity index (χ0n) is 22.2. The number of fused-ring (bicyclic) bond motifs is 4. The van der Waals surface area contributed by atoms with Crippen LogP contribution in [0.25, 0.3) is 44.0 Å². The molecule has 0 unspecified atom stereocenters. The number of ether oxygens (including phenoxy) is 1. The average Bonchev–Trinajstić information content (AvgIpc) is 3.29. The van der Waals surface area contributed by atoms with Crippen molar-refractivity contribution in [3.05, 3.63) is 64.6 Å². The van der Waals surface area contributed by atoms with Gasteiger partial charge in [-0.15, -0.1) is 0 Å².